The Bertz CT molecular complexity index is 825. The Hall–Kier alpha value is -1.96. The van der Waals surface area contributed by atoms with Crippen molar-refractivity contribution in [1.82, 2.24) is 10.2 Å². The van der Waals surface area contributed by atoms with Crippen molar-refractivity contribution in [2.75, 3.05) is 0 Å². The van der Waals surface area contributed by atoms with E-state index >= 15 is 0 Å². The Kier molecular flexibility index (Phi) is 4.74. The molecule has 2 aromatic rings. The molecular formula is C16H20N2O4S. The van der Waals surface area contributed by atoms with Gasteiger partial charge in [-0.1, -0.05) is 51.1 Å². The highest BCUT2D eigenvalue weighted by atomic mass is 32.2. The predicted molar refractivity (Wildman–Crippen MR) is 87.4 cm³/mol. The van der Waals surface area contributed by atoms with Crippen LogP contribution in [0.1, 0.15) is 20.8 Å². The molecule has 124 valence electrons. The average Bonchev–Trinajstić information content (AvgIpc) is 2.50. The van der Waals surface area contributed by atoms with E-state index in [0.717, 1.165) is 10.8 Å². The molecule has 0 aliphatic rings. The summed E-state index contributed by atoms with van der Waals surface area (Å²) in [5, 5.41) is 10.6. The molecule has 23 heavy (non-hydrogen) atoms. The second kappa shape index (κ2) is 6.27. The Balaban J connectivity index is 2.41. The zero-order chi connectivity index (χ0) is 17.3. The largest absolute Gasteiger partial charge is 0.289 e. The molecule has 1 atom stereocenters. The summed E-state index contributed by atoms with van der Waals surface area (Å²) in [6.45, 7) is 5.11. The third-order valence-corrected chi connectivity index (χ3v) is 4.96. The van der Waals surface area contributed by atoms with Crippen LogP contribution in [0.2, 0.25) is 0 Å². The first-order chi connectivity index (χ1) is 10.6. The van der Waals surface area contributed by atoms with E-state index in [4.69, 9.17) is 5.21 Å². The molecule has 0 aliphatic heterocycles. The summed E-state index contributed by atoms with van der Waals surface area (Å²) in [4.78, 5) is 11.9. The summed E-state index contributed by atoms with van der Waals surface area (Å²) in [6.07, 6.45) is 0. The molecule has 3 N–H and O–H groups in total. The number of nitrogens with one attached hydrogen (secondary N) is 2. The number of carbonyl (C=O) groups excluding carboxylic acids is 1. The van der Waals surface area contributed by atoms with Gasteiger partial charge in [0.25, 0.3) is 5.91 Å². The zero-order valence-electron chi connectivity index (χ0n) is 13.2. The van der Waals surface area contributed by atoms with Crippen LogP contribution < -0.4 is 10.2 Å². The minimum atomic E-state index is -3.91. The number of sulfonamides is 1. The van der Waals surface area contributed by atoms with Crippen molar-refractivity contribution in [2.24, 2.45) is 5.41 Å². The molecule has 0 unspecified atom stereocenters. The van der Waals surface area contributed by atoms with Crippen LogP contribution in [0.3, 0.4) is 0 Å². The normalized spacial score (nSPS) is 13.7. The number of rotatable bonds is 4. The summed E-state index contributed by atoms with van der Waals surface area (Å²) in [6, 6.07) is 11.0. The Labute approximate surface area is 135 Å². The minimum Gasteiger partial charge on any atom is -0.289 e. The molecule has 0 fully saturated rings. The topological polar surface area (TPSA) is 95.5 Å². The lowest BCUT2D eigenvalue weighted by atomic mass is 9.87. The van der Waals surface area contributed by atoms with Crippen molar-refractivity contribution < 1.29 is 18.4 Å². The molecule has 7 heteroatoms. The van der Waals surface area contributed by atoms with Crippen LogP contribution in [0.15, 0.2) is 47.4 Å². The maximum Gasteiger partial charge on any atom is 0.262 e. The Morgan fingerprint density at radius 3 is 2.26 bits per heavy atom. The van der Waals surface area contributed by atoms with Crippen molar-refractivity contribution in [3.8, 4) is 0 Å². The molecule has 0 bridgehead atoms. The van der Waals surface area contributed by atoms with Gasteiger partial charge < -0.3 is 0 Å². The lowest BCUT2D eigenvalue weighted by molar-refractivity contribution is -0.133. The number of amides is 1. The number of carbonyl (C=O) groups is 1. The summed E-state index contributed by atoms with van der Waals surface area (Å²) in [5.74, 6) is -0.804. The Morgan fingerprint density at radius 1 is 1.09 bits per heavy atom. The molecule has 0 saturated carbocycles. The van der Waals surface area contributed by atoms with Gasteiger partial charge in [-0.15, -0.1) is 0 Å². The molecule has 2 aromatic carbocycles. The second-order valence-electron chi connectivity index (χ2n) is 6.41. The smallest absolute Gasteiger partial charge is 0.262 e. The summed E-state index contributed by atoms with van der Waals surface area (Å²) in [7, 11) is -3.91. The van der Waals surface area contributed by atoms with E-state index in [1.54, 1.807) is 32.9 Å². The van der Waals surface area contributed by atoms with Crippen LogP contribution in [-0.4, -0.2) is 25.6 Å². The summed E-state index contributed by atoms with van der Waals surface area (Å²) >= 11 is 0. The van der Waals surface area contributed by atoms with Crippen molar-refractivity contribution in [3.05, 3.63) is 42.5 Å². The number of benzene rings is 2. The van der Waals surface area contributed by atoms with Gasteiger partial charge in [0.15, 0.2) is 0 Å². The van der Waals surface area contributed by atoms with Crippen molar-refractivity contribution >= 4 is 26.7 Å². The highest BCUT2D eigenvalue weighted by Crippen LogP contribution is 2.23. The monoisotopic (exact) mass is 336 g/mol. The number of hydrogen-bond acceptors (Lipinski definition) is 4. The van der Waals surface area contributed by atoms with Crippen LogP contribution in [0, 0.1) is 5.41 Å². The quantitative estimate of drug-likeness (QED) is 0.588. The van der Waals surface area contributed by atoms with Gasteiger partial charge >= 0.3 is 0 Å². The summed E-state index contributed by atoms with van der Waals surface area (Å²) in [5.41, 5.74) is 0.798. The molecule has 0 saturated heterocycles. The molecule has 0 heterocycles. The van der Waals surface area contributed by atoms with Gasteiger partial charge in [-0.05, 0) is 28.3 Å². The van der Waals surface area contributed by atoms with E-state index in [2.05, 4.69) is 4.72 Å². The number of hydrogen-bond donors (Lipinski definition) is 3. The predicted octanol–water partition coefficient (Wildman–Crippen LogP) is 2.04. The van der Waals surface area contributed by atoms with Gasteiger partial charge in [-0.25, -0.2) is 13.9 Å². The fraction of sp³-hybridized carbons (Fsp3) is 0.312. The summed E-state index contributed by atoms with van der Waals surface area (Å²) < 4.78 is 27.5. The van der Waals surface area contributed by atoms with Crippen LogP contribution >= 0.6 is 0 Å². The number of hydroxylamine groups is 1. The first kappa shape index (κ1) is 17.4. The van der Waals surface area contributed by atoms with Crippen LogP contribution in [0.4, 0.5) is 0 Å². The van der Waals surface area contributed by atoms with E-state index in [-0.39, 0.29) is 4.90 Å². The second-order valence-corrected chi connectivity index (χ2v) is 8.12. The standard InChI is InChI=1S/C16H20N2O4S/c1-16(2,3)14(15(19)17-20)18-23(21,22)13-9-8-11-6-4-5-7-12(11)10-13/h4-10,14,18,20H,1-3H3,(H,17,19)/t14-/m0/s1. The van der Waals surface area contributed by atoms with Crippen molar-refractivity contribution in [2.45, 2.75) is 31.7 Å². The molecule has 0 radical (unpaired) electrons. The lowest BCUT2D eigenvalue weighted by Crippen LogP contribution is -2.52. The van der Waals surface area contributed by atoms with Gasteiger partial charge in [0.1, 0.15) is 6.04 Å². The molecule has 6 nitrogen and oxygen atoms in total. The first-order valence-corrected chi connectivity index (χ1v) is 8.58. The molecule has 1 amide bonds. The van der Waals surface area contributed by atoms with E-state index < -0.39 is 27.4 Å². The molecule has 0 aromatic heterocycles. The molecule has 0 spiro atoms. The Morgan fingerprint density at radius 2 is 1.70 bits per heavy atom. The highest BCUT2D eigenvalue weighted by Gasteiger charge is 2.35. The van der Waals surface area contributed by atoms with Gasteiger partial charge in [-0.2, -0.15) is 4.72 Å². The van der Waals surface area contributed by atoms with Crippen molar-refractivity contribution in [3.63, 3.8) is 0 Å². The zero-order valence-corrected chi connectivity index (χ0v) is 14.0. The highest BCUT2D eigenvalue weighted by molar-refractivity contribution is 7.89. The molecule has 2 rings (SSSR count). The minimum absolute atomic E-state index is 0.0659. The first-order valence-electron chi connectivity index (χ1n) is 7.10. The van der Waals surface area contributed by atoms with Crippen LogP contribution in [0.25, 0.3) is 10.8 Å². The molecular weight excluding hydrogens is 316 g/mol. The fourth-order valence-corrected chi connectivity index (χ4v) is 3.68. The average molecular weight is 336 g/mol. The maximum atomic E-state index is 12.6. The van der Waals surface area contributed by atoms with E-state index in [9.17, 15) is 13.2 Å². The van der Waals surface area contributed by atoms with Crippen LogP contribution in [0.5, 0.6) is 0 Å². The van der Waals surface area contributed by atoms with E-state index in [1.165, 1.54) is 11.5 Å². The van der Waals surface area contributed by atoms with Gasteiger partial charge in [-0.3, -0.25) is 10.0 Å². The lowest BCUT2D eigenvalue weighted by Gasteiger charge is -2.29. The maximum absolute atomic E-state index is 12.6. The number of fused-ring (bicyclic) bond motifs is 1. The van der Waals surface area contributed by atoms with Gasteiger partial charge in [0.2, 0.25) is 10.0 Å². The fourth-order valence-electron chi connectivity index (χ4n) is 2.25. The third-order valence-electron chi connectivity index (χ3n) is 3.54. The van der Waals surface area contributed by atoms with Crippen LogP contribution in [-0.2, 0) is 14.8 Å². The van der Waals surface area contributed by atoms with Gasteiger partial charge in [0.05, 0.1) is 4.90 Å². The van der Waals surface area contributed by atoms with Crippen molar-refractivity contribution in [1.29, 1.82) is 0 Å². The van der Waals surface area contributed by atoms with E-state index in [1.807, 2.05) is 24.3 Å². The van der Waals surface area contributed by atoms with E-state index in [0.29, 0.717) is 0 Å². The molecule has 0 aliphatic carbocycles. The SMILES string of the molecule is CC(C)(C)[C@@H](NS(=O)(=O)c1ccc2ccccc2c1)C(=O)NO. The van der Waals surface area contributed by atoms with Gasteiger partial charge in [0, 0.05) is 0 Å². The third kappa shape index (κ3) is 3.87.